The van der Waals surface area contributed by atoms with Gasteiger partial charge in [0.05, 0.1) is 11.3 Å². The number of carbonyl (C=O) groups excluding carboxylic acids is 1. The summed E-state index contributed by atoms with van der Waals surface area (Å²) in [6, 6.07) is 2.43. The number of hydrogen-bond acceptors (Lipinski definition) is 4. The maximum Gasteiger partial charge on any atom is 0.254 e. The van der Waals surface area contributed by atoms with E-state index in [0.29, 0.717) is 18.2 Å². The highest BCUT2D eigenvalue weighted by atomic mass is 16.1. The molecule has 1 aromatic rings. The van der Waals surface area contributed by atoms with Gasteiger partial charge in [-0.15, -0.1) is 0 Å². The van der Waals surface area contributed by atoms with Crippen molar-refractivity contribution in [3.05, 3.63) is 23.5 Å². The first-order valence-corrected chi connectivity index (χ1v) is 7.68. The summed E-state index contributed by atoms with van der Waals surface area (Å²) in [6.45, 7) is 10.5. The molecule has 1 atom stereocenters. The molecule has 2 N–H and O–H groups in total. The molecule has 5 heteroatoms. The Morgan fingerprint density at radius 3 is 2.76 bits per heavy atom. The van der Waals surface area contributed by atoms with Gasteiger partial charge in [0.15, 0.2) is 0 Å². The van der Waals surface area contributed by atoms with Crippen LogP contribution in [0.4, 0.5) is 5.69 Å². The number of anilines is 1. The van der Waals surface area contributed by atoms with Gasteiger partial charge in [-0.3, -0.25) is 9.78 Å². The van der Waals surface area contributed by atoms with Crippen molar-refractivity contribution in [2.75, 3.05) is 32.0 Å². The fourth-order valence-electron chi connectivity index (χ4n) is 2.05. The van der Waals surface area contributed by atoms with E-state index in [0.717, 1.165) is 30.9 Å². The van der Waals surface area contributed by atoms with Crippen molar-refractivity contribution in [2.45, 2.75) is 40.2 Å². The molecule has 0 fully saturated rings. The van der Waals surface area contributed by atoms with Crippen molar-refractivity contribution >= 4 is 11.6 Å². The number of carbonyl (C=O) groups is 1. The SMILES string of the molecule is CCNc1cc(C)ncc1C(=O)NCCN(C)C(C)CC. The summed E-state index contributed by atoms with van der Waals surface area (Å²) < 4.78 is 0. The van der Waals surface area contributed by atoms with Crippen molar-refractivity contribution in [3.63, 3.8) is 0 Å². The zero-order chi connectivity index (χ0) is 15.8. The Kier molecular flexibility index (Phi) is 7.15. The number of hydrogen-bond donors (Lipinski definition) is 2. The van der Waals surface area contributed by atoms with Crippen LogP contribution in [0, 0.1) is 6.92 Å². The number of nitrogens with one attached hydrogen (secondary N) is 2. The number of pyridine rings is 1. The number of rotatable bonds is 8. The Morgan fingerprint density at radius 2 is 2.14 bits per heavy atom. The maximum absolute atomic E-state index is 12.3. The quantitative estimate of drug-likeness (QED) is 0.772. The fourth-order valence-corrected chi connectivity index (χ4v) is 2.05. The molecule has 0 saturated carbocycles. The van der Waals surface area contributed by atoms with Gasteiger partial charge in [0.2, 0.25) is 0 Å². The highest BCUT2D eigenvalue weighted by Crippen LogP contribution is 2.15. The van der Waals surface area contributed by atoms with Gasteiger partial charge in [0.1, 0.15) is 0 Å². The van der Waals surface area contributed by atoms with Crippen LogP contribution in [0.25, 0.3) is 0 Å². The summed E-state index contributed by atoms with van der Waals surface area (Å²) in [5.41, 5.74) is 2.35. The molecule has 1 rings (SSSR count). The van der Waals surface area contributed by atoms with Crippen LogP contribution in [0.2, 0.25) is 0 Å². The molecule has 1 heterocycles. The minimum atomic E-state index is -0.0731. The molecule has 0 aliphatic carbocycles. The normalized spacial score (nSPS) is 12.3. The maximum atomic E-state index is 12.3. The highest BCUT2D eigenvalue weighted by molar-refractivity contribution is 5.99. The molecule has 0 radical (unpaired) electrons. The molecule has 0 bridgehead atoms. The van der Waals surface area contributed by atoms with Crippen LogP contribution in [-0.2, 0) is 0 Å². The van der Waals surface area contributed by atoms with E-state index in [4.69, 9.17) is 0 Å². The van der Waals surface area contributed by atoms with Gasteiger partial charge in [-0.2, -0.15) is 0 Å². The Morgan fingerprint density at radius 1 is 1.43 bits per heavy atom. The fraction of sp³-hybridized carbons (Fsp3) is 0.625. The molecule has 0 aromatic carbocycles. The number of aryl methyl sites for hydroxylation is 1. The molecule has 0 aliphatic heterocycles. The molecule has 5 nitrogen and oxygen atoms in total. The number of nitrogens with zero attached hydrogens (tertiary/aromatic N) is 2. The van der Waals surface area contributed by atoms with Crippen molar-refractivity contribution < 1.29 is 4.79 Å². The van der Waals surface area contributed by atoms with E-state index in [2.05, 4.69) is 41.4 Å². The van der Waals surface area contributed by atoms with Crippen LogP contribution >= 0.6 is 0 Å². The van der Waals surface area contributed by atoms with Gasteiger partial charge in [-0.25, -0.2) is 0 Å². The second kappa shape index (κ2) is 8.62. The van der Waals surface area contributed by atoms with Gasteiger partial charge in [0.25, 0.3) is 5.91 Å². The van der Waals surface area contributed by atoms with E-state index in [1.807, 2.05) is 19.9 Å². The average Bonchev–Trinajstić information content (AvgIpc) is 2.46. The van der Waals surface area contributed by atoms with E-state index in [9.17, 15) is 4.79 Å². The summed E-state index contributed by atoms with van der Waals surface area (Å²) in [4.78, 5) is 18.7. The molecule has 0 spiro atoms. The van der Waals surface area contributed by atoms with Crippen LogP contribution in [0.1, 0.15) is 43.2 Å². The third kappa shape index (κ3) is 5.34. The lowest BCUT2D eigenvalue weighted by Crippen LogP contribution is -2.37. The molecule has 118 valence electrons. The highest BCUT2D eigenvalue weighted by Gasteiger charge is 2.12. The number of amides is 1. The first kappa shape index (κ1) is 17.4. The minimum Gasteiger partial charge on any atom is -0.385 e. The first-order chi connectivity index (χ1) is 9.99. The predicted octanol–water partition coefficient (Wildman–Crippen LogP) is 2.28. The van der Waals surface area contributed by atoms with Crippen LogP contribution < -0.4 is 10.6 Å². The molecular weight excluding hydrogens is 264 g/mol. The van der Waals surface area contributed by atoms with Gasteiger partial charge in [-0.05, 0) is 40.3 Å². The average molecular weight is 292 g/mol. The lowest BCUT2D eigenvalue weighted by molar-refractivity contribution is 0.0948. The summed E-state index contributed by atoms with van der Waals surface area (Å²) in [5, 5.41) is 6.18. The molecule has 0 saturated heterocycles. The zero-order valence-corrected chi connectivity index (χ0v) is 13.9. The lowest BCUT2D eigenvalue weighted by atomic mass is 10.2. The topological polar surface area (TPSA) is 57.3 Å². The molecule has 0 aliphatic rings. The Hall–Kier alpha value is -1.62. The van der Waals surface area contributed by atoms with Crippen LogP contribution in [-0.4, -0.2) is 48.5 Å². The van der Waals surface area contributed by atoms with Gasteiger partial charge < -0.3 is 15.5 Å². The molecular formula is C16H28N4O. The third-order valence-corrected chi connectivity index (χ3v) is 3.75. The molecule has 21 heavy (non-hydrogen) atoms. The Balaban J connectivity index is 2.59. The van der Waals surface area contributed by atoms with Crippen molar-refractivity contribution in [1.82, 2.24) is 15.2 Å². The van der Waals surface area contributed by atoms with E-state index in [1.54, 1.807) is 6.20 Å². The number of likely N-dealkylation sites (N-methyl/N-ethyl adjacent to an activating group) is 1. The largest absolute Gasteiger partial charge is 0.385 e. The number of aromatic nitrogens is 1. The Labute approximate surface area is 128 Å². The summed E-state index contributed by atoms with van der Waals surface area (Å²) >= 11 is 0. The van der Waals surface area contributed by atoms with E-state index >= 15 is 0 Å². The molecule has 1 aromatic heterocycles. The van der Waals surface area contributed by atoms with E-state index < -0.39 is 0 Å². The standard InChI is InChI=1S/C16H28N4O/c1-6-13(4)20(5)9-8-18-16(21)14-11-19-12(3)10-15(14)17-7-2/h10-11,13H,6-9H2,1-5H3,(H,17,19)(H,18,21). The summed E-state index contributed by atoms with van der Waals surface area (Å²) in [5.74, 6) is -0.0731. The Bertz CT molecular complexity index is 462. The van der Waals surface area contributed by atoms with Gasteiger partial charge >= 0.3 is 0 Å². The third-order valence-electron chi connectivity index (χ3n) is 3.75. The second-order valence-corrected chi connectivity index (χ2v) is 5.40. The smallest absolute Gasteiger partial charge is 0.254 e. The van der Waals surface area contributed by atoms with Crippen LogP contribution in [0.5, 0.6) is 0 Å². The van der Waals surface area contributed by atoms with Gasteiger partial charge in [-0.1, -0.05) is 6.92 Å². The predicted molar refractivity (Wildman–Crippen MR) is 87.9 cm³/mol. The monoisotopic (exact) mass is 292 g/mol. The van der Waals surface area contributed by atoms with Crippen LogP contribution in [0.15, 0.2) is 12.3 Å². The van der Waals surface area contributed by atoms with E-state index in [1.165, 1.54) is 0 Å². The van der Waals surface area contributed by atoms with Crippen molar-refractivity contribution in [1.29, 1.82) is 0 Å². The first-order valence-electron chi connectivity index (χ1n) is 7.68. The molecule has 1 unspecified atom stereocenters. The second-order valence-electron chi connectivity index (χ2n) is 5.40. The van der Waals surface area contributed by atoms with Crippen molar-refractivity contribution in [3.8, 4) is 0 Å². The lowest BCUT2D eigenvalue weighted by Gasteiger charge is -2.23. The van der Waals surface area contributed by atoms with Gasteiger partial charge in [0, 0.05) is 37.6 Å². The van der Waals surface area contributed by atoms with E-state index in [-0.39, 0.29) is 5.91 Å². The summed E-state index contributed by atoms with van der Waals surface area (Å²) in [7, 11) is 2.08. The van der Waals surface area contributed by atoms with Crippen molar-refractivity contribution in [2.24, 2.45) is 0 Å². The van der Waals surface area contributed by atoms with Crippen LogP contribution in [0.3, 0.4) is 0 Å². The minimum absolute atomic E-state index is 0.0731. The zero-order valence-electron chi connectivity index (χ0n) is 13.9. The summed E-state index contributed by atoms with van der Waals surface area (Å²) in [6.07, 6.45) is 2.75. The molecule has 1 amide bonds.